The number of aryl methyl sites for hydroxylation is 1. The van der Waals surface area contributed by atoms with Crippen LogP contribution in [-0.4, -0.2) is 18.7 Å². The summed E-state index contributed by atoms with van der Waals surface area (Å²) in [5.41, 5.74) is 1.74. The maximum absolute atomic E-state index is 6.27. The van der Waals surface area contributed by atoms with Crippen LogP contribution in [0.4, 0.5) is 0 Å². The molecule has 2 rings (SSSR count). The molecule has 1 aromatic rings. The first-order valence-electron chi connectivity index (χ1n) is 8.55. The Morgan fingerprint density at radius 2 is 1.90 bits per heavy atom. The van der Waals surface area contributed by atoms with E-state index in [9.17, 15) is 0 Å². The quantitative estimate of drug-likeness (QED) is 0.793. The zero-order valence-corrected chi connectivity index (χ0v) is 14.1. The van der Waals surface area contributed by atoms with Gasteiger partial charge in [-0.2, -0.15) is 0 Å². The average Bonchev–Trinajstić information content (AvgIpc) is 2.75. The van der Waals surface area contributed by atoms with Gasteiger partial charge in [-0.05, 0) is 55.3 Å². The molecule has 1 saturated carbocycles. The molecule has 1 N–H and O–H groups in total. The number of unbranched alkanes of at least 4 members (excludes halogenated alkanes) is 1. The maximum Gasteiger partial charge on any atom is 0.119 e. The predicted octanol–water partition coefficient (Wildman–Crippen LogP) is 4.57. The fourth-order valence-electron chi connectivity index (χ4n) is 3.38. The molecule has 2 heteroatoms. The lowest BCUT2D eigenvalue weighted by Crippen LogP contribution is -2.46. The number of ether oxygens (including phenoxy) is 1. The minimum atomic E-state index is 0.293. The van der Waals surface area contributed by atoms with Crippen LogP contribution >= 0.6 is 0 Å². The van der Waals surface area contributed by atoms with Crippen molar-refractivity contribution in [1.82, 2.24) is 5.32 Å². The molecule has 21 heavy (non-hydrogen) atoms. The van der Waals surface area contributed by atoms with Crippen molar-refractivity contribution in [2.75, 3.05) is 6.54 Å². The summed E-state index contributed by atoms with van der Waals surface area (Å²) >= 11 is 0. The Hall–Kier alpha value is -1.02. The molecule has 0 saturated heterocycles. The zero-order valence-electron chi connectivity index (χ0n) is 14.1. The second kappa shape index (κ2) is 7.31. The Morgan fingerprint density at radius 3 is 2.52 bits per heavy atom. The second-order valence-corrected chi connectivity index (χ2v) is 6.97. The standard InChI is InChI=1S/C19H31NO/c1-5-7-8-15-9-11-16(12-10-15)21-17-13-14-19(3,4)18(17)20-6-2/h9-12,17-18,20H,5-8,13-14H2,1-4H3. The van der Waals surface area contributed by atoms with Crippen molar-refractivity contribution in [1.29, 1.82) is 0 Å². The van der Waals surface area contributed by atoms with Crippen molar-refractivity contribution in [3.8, 4) is 5.75 Å². The molecular weight excluding hydrogens is 258 g/mol. The molecule has 0 amide bonds. The van der Waals surface area contributed by atoms with Gasteiger partial charge in [0.1, 0.15) is 11.9 Å². The molecule has 1 aliphatic carbocycles. The molecule has 0 heterocycles. The van der Waals surface area contributed by atoms with Gasteiger partial charge in [0.25, 0.3) is 0 Å². The number of likely N-dealkylation sites (N-methyl/N-ethyl adjacent to an activating group) is 1. The van der Waals surface area contributed by atoms with Crippen LogP contribution in [-0.2, 0) is 6.42 Å². The van der Waals surface area contributed by atoms with E-state index in [4.69, 9.17) is 4.74 Å². The number of rotatable bonds is 7. The fraction of sp³-hybridized carbons (Fsp3) is 0.684. The first kappa shape index (κ1) is 16.4. The largest absolute Gasteiger partial charge is 0.489 e. The van der Waals surface area contributed by atoms with Crippen molar-refractivity contribution in [2.24, 2.45) is 5.41 Å². The van der Waals surface area contributed by atoms with E-state index in [2.05, 4.69) is 57.3 Å². The Morgan fingerprint density at radius 1 is 1.19 bits per heavy atom. The minimum absolute atomic E-state index is 0.293. The van der Waals surface area contributed by atoms with Gasteiger partial charge in [-0.15, -0.1) is 0 Å². The Labute approximate surface area is 130 Å². The average molecular weight is 289 g/mol. The normalized spacial score (nSPS) is 24.2. The van der Waals surface area contributed by atoms with E-state index in [1.807, 2.05) is 0 Å². The van der Waals surface area contributed by atoms with Gasteiger partial charge in [-0.1, -0.05) is 46.2 Å². The molecular formula is C19H31NO. The lowest BCUT2D eigenvalue weighted by Gasteiger charge is -2.31. The molecule has 0 aromatic heterocycles. The van der Waals surface area contributed by atoms with Crippen molar-refractivity contribution < 1.29 is 4.74 Å². The Bertz CT molecular complexity index is 424. The predicted molar refractivity (Wildman–Crippen MR) is 89.9 cm³/mol. The van der Waals surface area contributed by atoms with Gasteiger partial charge in [-0.25, -0.2) is 0 Å². The van der Waals surface area contributed by atoms with Crippen LogP contribution in [0, 0.1) is 5.41 Å². The van der Waals surface area contributed by atoms with Crippen molar-refractivity contribution in [3.05, 3.63) is 29.8 Å². The van der Waals surface area contributed by atoms with Crippen molar-refractivity contribution in [3.63, 3.8) is 0 Å². The van der Waals surface area contributed by atoms with Crippen molar-refractivity contribution >= 4 is 0 Å². The highest BCUT2D eigenvalue weighted by atomic mass is 16.5. The molecule has 2 unspecified atom stereocenters. The van der Waals surface area contributed by atoms with Gasteiger partial charge in [-0.3, -0.25) is 0 Å². The molecule has 0 spiro atoms. The molecule has 2 atom stereocenters. The molecule has 1 fully saturated rings. The second-order valence-electron chi connectivity index (χ2n) is 6.97. The summed E-state index contributed by atoms with van der Waals surface area (Å²) in [6, 6.07) is 9.15. The highest BCUT2D eigenvalue weighted by molar-refractivity contribution is 5.28. The first-order chi connectivity index (χ1) is 10.1. The van der Waals surface area contributed by atoms with Gasteiger partial charge in [0, 0.05) is 6.04 Å². The topological polar surface area (TPSA) is 21.3 Å². The molecule has 118 valence electrons. The molecule has 0 aliphatic heterocycles. The lowest BCUT2D eigenvalue weighted by atomic mass is 9.87. The summed E-state index contributed by atoms with van der Waals surface area (Å²) in [6.45, 7) is 10.1. The number of hydrogen-bond acceptors (Lipinski definition) is 2. The lowest BCUT2D eigenvalue weighted by molar-refractivity contribution is 0.141. The van der Waals surface area contributed by atoms with E-state index in [1.54, 1.807) is 0 Å². The summed E-state index contributed by atoms with van der Waals surface area (Å²) in [6.07, 6.45) is 6.35. The van der Waals surface area contributed by atoms with E-state index < -0.39 is 0 Å². The van der Waals surface area contributed by atoms with Crippen LogP contribution in [0.15, 0.2) is 24.3 Å². The van der Waals surface area contributed by atoms with E-state index in [-0.39, 0.29) is 0 Å². The molecule has 2 nitrogen and oxygen atoms in total. The van der Waals surface area contributed by atoms with Crippen LogP contribution < -0.4 is 10.1 Å². The number of nitrogens with one attached hydrogen (secondary N) is 1. The summed E-state index contributed by atoms with van der Waals surface area (Å²) in [7, 11) is 0. The maximum atomic E-state index is 6.27. The summed E-state index contributed by atoms with van der Waals surface area (Å²) in [5.74, 6) is 1.01. The summed E-state index contributed by atoms with van der Waals surface area (Å²) in [4.78, 5) is 0. The van der Waals surface area contributed by atoms with Crippen LogP contribution in [0.1, 0.15) is 58.9 Å². The Balaban J connectivity index is 1.97. The van der Waals surface area contributed by atoms with Crippen molar-refractivity contribution in [2.45, 2.75) is 71.9 Å². The summed E-state index contributed by atoms with van der Waals surface area (Å²) in [5, 5.41) is 3.62. The van der Waals surface area contributed by atoms with E-state index in [1.165, 1.54) is 31.2 Å². The van der Waals surface area contributed by atoms with Crippen LogP contribution in [0.25, 0.3) is 0 Å². The SMILES string of the molecule is CCCCc1ccc(OC2CCC(C)(C)C2NCC)cc1. The fourth-order valence-corrected chi connectivity index (χ4v) is 3.38. The molecule has 1 aliphatic rings. The first-order valence-corrected chi connectivity index (χ1v) is 8.55. The van der Waals surface area contributed by atoms with Gasteiger partial charge in [0.2, 0.25) is 0 Å². The summed E-state index contributed by atoms with van der Waals surface area (Å²) < 4.78 is 6.27. The highest BCUT2D eigenvalue weighted by Crippen LogP contribution is 2.39. The Kier molecular flexibility index (Phi) is 5.69. The number of hydrogen-bond donors (Lipinski definition) is 1. The highest BCUT2D eigenvalue weighted by Gasteiger charge is 2.42. The molecule has 0 radical (unpaired) electrons. The third-order valence-corrected chi connectivity index (χ3v) is 4.74. The molecule has 0 bridgehead atoms. The van der Waals surface area contributed by atoms with Gasteiger partial charge >= 0.3 is 0 Å². The van der Waals surface area contributed by atoms with E-state index in [0.717, 1.165) is 18.7 Å². The minimum Gasteiger partial charge on any atom is -0.489 e. The zero-order chi connectivity index (χ0) is 15.3. The third kappa shape index (κ3) is 4.23. The van der Waals surface area contributed by atoms with E-state index >= 15 is 0 Å². The monoisotopic (exact) mass is 289 g/mol. The molecule has 1 aromatic carbocycles. The van der Waals surface area contributed by atoms with Crippen LogP contribution in [0.5, 0.6) is 5.75 Å². The third-order valence-electron chi connectivity index (χ3n) is 4.74. The van der Waals surface area contributed by atoms with Gasteiger partial charge < -0.3 is 10.1 Å². The van der Waals surface area contributed by atoms with E-state index in [0.29, 0.717) is 17.6 Å². The van der Waals surface area contributed by atoms with Gasteiger partial charge in [0.15, 0.2) is 0 Å². The van der Waals surface area contributed by atoms with Crippen LogP contribution in [0.3, 0.4) is 0 Å². The number of benzene rings is 1. The smallest absolute Gasteiger partial charge is 0.119 e. The van der Waals surface area contributed by atoms with Gasteiger partial charge in [0.05, 0.1) is 0 Å². The van der Waals surface area contributed by atoms with Crippen LogP contribution in [0.2, 0.25) is 0 Å².